The summed E-state index contributed by atoms with van der Waals surface area (Å²) in [6.07, 6.45) is 6.30. The van der Waals surface area contributed by atoms with E-state index < -0.39 is 0 Å². The lowest BCUT2D eigenvalue weighted by molar-refractivity contribution is -0.118. The second-order valence-corrected chi connectivity index (χ2v) is 10.1. The van der Waals surface area contributed by atoms with Crippen molar-refractivity contribution in [2.75, 3.05) is 12.3 Å². The highest BCUT2D eigenvalue weighted by molar-refractivity contribution is 7.99. The van der Waals surface area contributed by atoms with Gasteiger partial charge in [-0.15, -0.1) is 21.5 Å². The summed E-state index contributed by atoms with van der Waals surface area (Å²) in [5.41, 5.74) is 3.74. The van der Waals surface area contributed by atoms with E-state index in [0.717, 1.165) is 35.6 Å². The number of carbonyl (C=O) groups excluding carboxylic acids is 1. The molecule has 0 saturated carbocycles. The van der Waals surface area contributed by atoms with Crippen LogP contribution in [-0.4, -0.2) is 33.4 Å². The number of rotatable bonds is 7. The fourth-order valence-corrected chi connectivity index (χ4v) is 5.75. The lowest BCUT2D eigenvalue weighted by atomic mass is 9.90. The Morgan fingerprint density at radius 2 is 2.26 bits per heavy atom. The number of para-hydroxylation sites is 1. The minimum atomic E-state index is -0.0369. The number of nitrogens with zero attached hydrogens (tertiary/aromatic N) is 2. The van der Waals surface area contributed by atoms with E-state index in [9.17, 15) is 4.79 Å². The van der Waals surface area contributed by atoms with Crippen LogP contribution < -0.4 is 5.32 Å². The molecule has 0 saturated heterocycles. The third-order valence-corrected chi connectivity index (χ3v) is 7.71. The van der Waals surface area contributed by atoms with Crippen LogP contribution in [0.2, 0.25) is 0 Å². The van der Waals surface area contributed by atoms with Gasteiger partial charge in [-0.2, -0.15) is 0 Å². The molecule has 31 heavy (non-hydrogen) atoms. The van der Waals surface area contributed by atoms with Crippen molar-refractivity contribution in [2.24, 2.45) is 5.92 Å². The van der Waals surface area contributed by atoms with Gasteiger partial charge in [0.25, 0.3) is 11.1 Å². The summed E-state index contributed by atoms with van der Waals surface area (Å²) in [4.78, 5) is 18.0. The predicted octanol–water partition coefficient (Wildman–Crippen LogP) is 4.86. The van der Waals surface area contributed by atoms with Crippen molar-refractivity contribution >= 4 is 39.9 Å². The first-order valence-corrected chi connectivity index (χ1v) is 12.4. The number of nitrogens with one attached hydrogen (secondary N) is 2. The molecule has 4 aromatic rings. The van der Waals surface area contributed by atoms with Gasteiger partial charge >= 0.3 is 0 Å². The second-order valence-electron chi connectivity index (χ2n) is 8.03. The molecule has 160 valence electrons. The van der Waals surface area contributed by atoms with E-state index in [-0.39, 0.29) is 11.7 Å². The molecule has 3 aromatic heterocycles. The Morgan fingerprint density at radius 3 is 3.19 bits per heavy atom. The van der Waals surface area contributed by atoms with Crippen LogP contribution in [0.1, 0.15) is 29.3 Å². The van der Waals surface area contributed by atoms with Gasteiger partial charge in [-0.1, -0.05) is 36.9 Å². The van der Waals surface area contributed by atoms with Crippen molar-refractivity contribution in [1.29, 1.82) is 0 Å². The smallest absolute Gasteiger partial charge is 0.277 e. The number of fused-ring (bicyclic) bond motifs is 2. The second kappa shape index (κ2) is 8.88. The highest BCUT2D eigenvalue weighted by atomic mass is 32.2. The van der Waals surface area contributed by atoms with E-state index in [2.05, 4.69) is 45.6 Å². The van der Waals surface area contributed by atoms with Crippen LogP contribution in [0.5, 0.6) is 0 Å². The number of carbonyl (C=O) groups is 1. The summed E-state index contributed by atoms with van der Waals surface area (Å²) in [5, 5.41) is 12.9. The molecule has 0 radical (unpaired) electrons. The first-order valence-electron chi connectivity index (χ1n) is 10.6. The Morgan fingerprint density at radius 1 is 1.35 bits per heavy atom. The van der Waals surface area contributed by atoms with Crippen molar-refractivity contribution in [1.82, 2.24) is 20.5 Å². The van der Waals surface area contributed by atoms with Gasteiger partial charge in [-0.25, -0.2) is 0 Å². The molecule has 0 unspecified atom stereocenters. The van der Waals surface area contributed by atoms with Gasteiger partial charge in [0, 0.05) is 28.5 Å². The molecule has 6 nitrogen and oxygen atoms in total. The molecule has 3 heterocycles. The minimum absolute atomic E-state index is 0.0369. The summed E-state index contributed by atoms with van der Waals surface area (Å²) in [7, 11) is 0. The van der Waals surface area contributed by atoms with Crippen LogP contribution in [0, 0.1) is 5.92 Å². The quantitative estimate of drug-likeness (QED) is 0.392. The number of hydrogen-bond donors (Lipinski definition) is 2. The fourth-order valence-electron chi connectivity index (χ4n) is 4.03. The molecule has 0 bridgehead atoms. The highest BCUT2D eigenvalue weighted by Gasteiger charge is 2.21. The third kappa shape index (κ3) is 4.55. The average molecular weight is 453 g/mol. The summed E-state index contributed by atoms with van der Waals surface area (Å²) >= 11 is 3.03. The zero-order chi connectivity index (χ0) is 21.2. The first kappa shape index (κ1) is 20.3. The number of aromatic nitrogens is 3. The van der Waals surface area contributed by atoms with Crippen molar-refractivity contribution in [3.05, 3.63) is 52.5 Å². The first-order chi connectivity index (χ1) is 15.2. The summed E-state index contributed by atoms with van der Waals surface area (Å²) in [6, 6.07) is 10.4. The molecule has 0 aliphatic heterocycles. The predicted molar refractivity (Wildman–Crippen MR) is 125 cm³/mol. The van der Waals surface area contributed by atoms with Crippen LogP contribution >= 0.6 is 23.1 Å². The van der Waals surface area contributed by atoms with Crippen LogP contribution in [0.25, 0.3) is 21.7 Å². The van der Waals surface area contributed by atoms with Gasteiger partial charge < -0.3 is 14.7 Å². The third-order valence-electron chi connectivity index (χ3n) is 5.66. The van der Waals surface area contributed by atoms with Crippen molar-refractivity contribution in [3.8, 4) is 10.8 Å². The normalized spacial score (nSPS) is 15.8. The minimum Gasteiger partial charge on any atom is -0.410 e. The maximum atomic E-state index is 12.2. The van der Waals surface area contributed by atoms with E-state index in [0.29, 0.717) is 17.7 Å². The van der Waals surface area contributed by atoms with E-state index >= 15 is 0 Å². The van der Waals surface area contributed by atoms with Crippen molar-refractivity contribution in [2.45, 2.75) is 37.8 Å². The van der Waals surface area contributed by atoms with Gasteiger partial charge in [0.15, 0.2) is 0 Å². The molecule has 0 fully saturated rings. The number of thioether (sulfide) groups is 1. The topological polar surface area (TPSA) is 83.8 Å². The van der Waals surface area contributed by atoms with E-state index in [1.165, 1.54) is 39.6 Å². The zero-order valence-corrected chi connectivity index (χ0v) is 18.9. The molecule has 2 N–H and O–H groups in total. The highest BCUT2D eigenvalue weighted by Crippen LogP contribution is 2.37. The Balaban J connectivity index is 1.11. The van der Waals surface area contributed by atoms with Gasteiger partial charge in [-0.05, 0) is 54.9 Å². The molecule has 5 rings (SSSR count). The van der Waals surface area contributed by atoms with Gasteiger partial charge in [-0.3, -0.25) is 4.79 Å². The Labute approximate surface area is 188 Å². The van der Waals surface area contributed by atoms with Crippen LogP contribution in [-0.2, 0) is 24.1 Å². The lowest BCUT2D eigenvalue weighted by Gasteiger charge is -2.16. The van der Waals surface area contributed by atoms with Gasteiger partial charge in [0.1, 0.15) is 0 Å². The molecular formula is C23H24N4O2S2. The molecule has 1 aliphatic rings. The largest absolute Gasteiger partial charge is 0.410 e. The van der Waals surface area contributed by atoms with E-state index in [4.69, 9.17) is 4.42 Å². The lowest BCUT2D eigenvalue weighted by Crippen LogP contribution is -2.27. The molecule has 1 amide bonds. The molecule has 1 aliphatic carbocycles. The number of amides is 1. The molecule has 1 atom stereocenters. The molecule has 1 aromatic carbocycles. The average Bonchev–Trinajstić information content (AvgIpc) is 3.50. The maximum Gasteiger partial charge on any atom is 0.277 e. The number of H-pyrrole nitrogens is 1. The number of aryl methyl sites for hydroxylation is 1. The van der Waals surface area contributed by atoms with Crippen LogP contribution in [0.3, 0.4) is 0 Å². The molecule has 0 spiro atoms. The standard InChI is InChI=1S/C23H24N4O2S2/c1-14-6-7-19-16(10-14)11-20(31-19)22-26-27-23(29-22)30-13-21(28)24-9-8-15-12-25-18-5-3-2-4-17(15)18/h2-5,11-12,14,25H,6-10,13H2,1H3,(H,24,28)/t14-/m0/s1. The monoisotopic (exact) mass is 452 g/mol. The van der Waals surface area contributed by atoms with Crippen LogP contribution in [0.4, 0.5) is 0 Å². The molecular weight excluding hydrogens is 428 g/mol. The van der Waals surface area contributed by atoms with Crippen molar-refractivity contribution < 1.29 is 9.21 Å². The zero-order valence-electron chi connectivity index (χ0n) is 17.3. The van der Waals surface area contributed by atoms with E-state index in [1.54, 1.807) is 11.3 Å². The Bertz CT molecular complexity index is 1210. The molecule has 8 heteroatoms. The summed E-state index contributed by atoms with van der Waals surface area (Å²) in [5.74, 6) is 1.51. The van der Waals surface area contributed by atoms with Crippen molar-refractivity contribution in [3.63, 3.8) is 0 Å². The van der Waals surface area contributed by atoms with Crippen LogP contribution in [0.15, 0.2) is 46.2 Å². The Hall–Kier alpha value is -2.58. The SMILES string of the molecule is C[C@H]1CCc2sc(-c3nnc(SCC(=O)NCCc4c[nH]c5ccccc45)o3)cc2C1. The maximum absolute atomic E-state index is 12.2. The number of hydrogen-bond acceptors (Lipinski definition) is 6. The summed E-state index contributed by atoms with van der Waals surface area (Å²) < 4.78 is 5.80. The summed E-state index contributed by atoms with van der Waals surface area (Å²) in [6.45, 7) is 2.89. The Kier molecular flexibility index (Phi) is 5.82. The van der Waals surface area contributed by atoms with Gasteiger partial charge in [0.05, 0.1) is 10.6 Å². The fraction of sp³-hybridized carbons (Fsp3) is 0.348. The number of thiophene rings is 1. The number of aromatic amines is 1. The van der Waals surface area contributed by atoms with E-state index in [1.807, 2.05) is 18.3 Å². The van der Waals surface area contributed by atoms with Gasteiger partial charge in [0.2, 0.25) is 5.91 Å². The number of benzene rings is 1.